The number of sulfonamides is 1. The summed E-state index contributed by atoms with van der Waals surface area (Å²) in [7, 11) is -2.12. The first-order chi connectivity index (χ1) is 10.5. The Hall–Kier alpha value is -0.920. The lowest BCUT2D eigenvalue weighted by Gasteiger charge is -2.18. The van der Waals surface area contributed by atoms with Crippen LogP contribution < -0.4 is 4.72 Å². The summed E-state index contributed by atoms with van der Waals surface area (Å²) in [5.74, 6) is 0. The molecule has 0 saturated heterocycles. The van der Waals surface area contributed by atoms with Crippen molar-refractivity contribution in [2.75, 3.05) is 13.7 Å². The molecule has 0 aromatic heterocycles. The highest BCUT2D eigenvalue weighted by molar-refractivity contribution is 9.10. The Balaban J connectivity index is 2.17. The number of ether oxygens (including phenoxy) is 1. The summed E-state index contributed by atoms with van der Waals surface area (Å²) in [5.41, 5.74) is 0.737. The zero-order valence-electron chi connectivity index (χ0n) is 11.8. The molecule has 2 rings (SSSR count). The largest absolute Gasteiger partial charge is 0.375 e. The van der Waals surface area contributed by atoms with E-state index in [2.05, 4.69) is 20.7 Å². The average Bonchev–Trinajstić information content (AvgIpc) is 2.49. The van der Waals surface area contributed by atoms with Crippen LogP contribution in [0.1, 0.15) is 11.7 Å². The minimum Gasteiger partial charge on any atom is -0.375 e. The summed E-state index contributed by atoms with van der Waals surface area (Å²) in [6.07, 6.45) is -0.467. The summed E-state index contributed by atoms with van der Waals surface area (Å²) >= 11 is 9.37. The Morgan fingerprint density at radius 3 is 2.45 bits per heavy atom. The van der Waals surface area contributed by atoms with Crippen LogP contribution in [0.25, 0.3) is 0 Å². The average molecular weight is 405 g/mol. The Kier molecular flexibility index (Phi) is 6.00. The van der Waals surface area contributed by atoms with E-state index in [9.17, 15) is 8.42 Å². The monoisotopic (exact) mass is 403 g/mol. The van der Waals surface area contributed by atoms with Crippen LogP contribution in [0.2, 0.25) is 5.02 Å². The summed E-state index contributed by atoms with van der Waals surface area (Å²) < 4.78 is 33.1. The van der Waals surface area contributed by atoms with Crippen LogP contribution in [0.5, 0.6) is 0 Å². The first kappa shape index (κ1) is 17.4. The molecular formula is C15H15BrClNO3S. The fraction of sp³-hybridized carbons (Fsp3) is 0.200. The van der Waals surface area contributed by atoms with Crippen molar-refractivity contribution in [1.82, 2.24) is 4.72 Å². The molecule has 0 spiro atoms. The lowest BCUT2D eigenvalue weighted by atomic mass is 10.1. The Bertz CT molecular complexity index is 752. The van der Waals surface area contributed by atoms with E-state index in [-0.39, 0.29) is 11.4 Å². The van der Waals surface area contributed by atoms with Crippen LogP contribution in [-0.4, -0.2) is 22.1 Å². The summed E-state index contributed by atoms with van der Waals surface area (Å²) in [5, 5.41) is 0.537. The van der Waals surface area contributed by atoms with E-state index in [1.165, 1.54) is 13.2 Å². The molecule has 1 atom stereocenters. The van der Waals surface area contributed by atoms with Crippen molar-refractivity contribution in [1.29, 1.82) is 0 Å². The first-order valence-electron chi connectivity index (χ1n) is 6.47. The van der Waals surface area contributed by atoms with E-state index in [1.54, 1.807) is 24.3 Å². The Morgan fingerprint density at radius 1 is 1.18 bits per heavy atom. The number of nitrogens with one attached hydrogen (secondary N) is 1. The minimum atomic E-state index is -3.64. The van der Waals surface area contributed by atoms with E-state index in [0.29, 0.717) is 9.50 Å². The lowest BCUT2D eigenvalue weighted by molar-refractivity contribution is 0.107. The van der Waals surface area contributed by atoms with E-state index in [0.717, 1.165) is 5.56 Å². The molecule has 0 unspecified atom stereocenters. The molecule has 4 nitrogen and oxygen atoms in total. The van der Waals surface area contributed by atoms with Crippen molar-refractivity contribution in [2.24, 2.45) is 0 Å². The highest BCUT2D eigenvalue weighted by atomic mass is 79.9. The van der Waals surface area contributed by atoms with Gasteiger partial charge in [0.15, 0.2) is 0 Å². The second kappa shape index (κ2) is 7.57. The molecule has 0 heterocycles. The lowest BCUT2D eigenvalue weighted by Crippen LogP contribution is -2.29. The van der Waals surface area contributed by atoms with Crippen molar-refractivity contribution in [3.05, 3.63) is 63.6 Å². The predicted octanol–water partition coefficient (Wildman–Crippen LogP) is 3.77. The van der Waals surface area contributed by atoms with Crippen LogP contribution >= 0.6 is 27.5 Å². The topological polar surface area (TPSA) is 55.4 Å². The molecule has 0 saturated carbocycles. The van der Waals surface area contributed by atoms with Gasteiger partial charge in [0, 0.05) is 28.7 Å². The second-order valence-corrected chi connectivity index (χ2v) is 7.53. The van der Waals surface area contributed by atoms with Gasteiger partial charge < -0.3 is 4.74 Å². The molecule has 0 aliphatic carbocycles. The van der Waals surface area contributed by atoms with Gasteiger partial charge in [-0.05, 0) is 34.1 Å². The van der Waals surface area contributed by atoms with Gasteiger partial charge in [0.05, 0.1) is 11.0 Å². The van der Waals surface area contributed by atoms with Gasteiger partial charge in [-0.15, -0.1) is 0 Å². The van der Waals surface area contributed by atoms with Gasteiger partial charge in [0.25, 0.3) is 0 Å². The molecule has 118 valence electrons. The second-order valence-electron chi connectivity index (χ2n) is 4.53. The Labute approximate surface area is 143 Å². The molecule has 0 aliphatic heterocycles. The number of benzene rings is 2. The molecule has 0 radical (unpaired) electrons. The quantitative estimate of drug-likeness (QED) is 0.797. The molecule has 0 amide bonds. The zero-order chi connectivity index (χ0) is 16.2. The molecule has 0 bridgehead atoms. The van der Waals surface area contributed by atoms with Gasteiger partial charge in [-0.1, -0.05) is 41.9 Å². The van der Waals surface area contributed by atoms with E-state index < -0.39 is 16.1 Å². The highest BCUT2D eigenvalue weighted by Crippen LogP contribution is 2.26. The third-order valence-corrected chi connectivity index (χ3v) is 5.90. The third-order valence-electron chi connectivity index (χ3n) is 3.12. The SMILES string of the molecule is CO[C@H](CNS(=O)(=O)c1ccccc1Br)c1ccccc1Cl. The number of hydrogen-bond donors (Lipinski definition) is 1. The van der Waals surface area contributed by atoms with Gasteiger partial charge in [-0.3, -0.25) is 0 Å². The van der Waals surface area contributed by atoms with E-state index in [1.807, 2.05) is 18.2 Å². The molecule has 2 aromatic carbocycles. The van der Waals surface area contributed by atoms with Crippen molar-refractivity contribution in [2.45, 2.75) is 11.0 Å². The minimum absolute atomic E-state index is 0.0872. The summed E-state index contributed by atoms with van der Waals surface area (Å²) in [4.78, 5) is 0.184. The fourth-order valence-electron chi connectivity index (χ4n) is 1.98. The molecular weight excluding hydrogens is 390 g/mol. The summed E-state index contributed by atoms with van der Waals surface area (Å²) in [6, 6.07) is 13.8. The normalized spacial score (nSPS) is 13.0. The zero-order valence-corrected chi connectivity index (χ0v) is 15.0. The maximum Gasteiger partial charge on any atom is 0.241 e. The number of halogens is 2. The number of methoxy groups -OCH3 is 1. The molecule has 2 aromatic rings. The van der Waals surface area contributed by atoms with Gasteiger partial charge >= 0.3 is 0 Å². The highest BCUT2D eigenvalue weighted by Gasteiger charge is 2.21. The van der Waals surface area contributed by atoms with E-state index in [4.69, 9.17) is 16.3 Å². The van der Waals surface area contributed by atoms with Crippen LogP contribution in [0, 0.1) is 0 Å². The maximum atomic E-state index is 12.4. The molecule has 0 fully saturated rings. The molecule has 0 aliphatic rings. The number of rotatable bonds is 6. The molecule has 22 heavy (non-hydrogen) atoms. The smallest absolute Gasteiger partial charge is 0.241 e. The maximum absolute atomic E-state index is 12.4. The van der Waals surface area contributed by atoms with Crippen molar-refractivity contribution >= 4 is 37.6 Å². The van der Waals surface area contributed by atoms with Crippen molar-refractivity contribution in [3.8, 4) is 0 Å². The van der Waals surface area contributed by atoms with Crippen molar-refractivity contribution < 1.29 is 13.2 Å². The van der Waals surface area contributed by atoms with Crippen molar-refractivity contribution in [3.63, 3.8) is 0 Å². The first-order valence-corrected chi connectivity index (χ1v) is 9.12. The molecule has 7 heteroatoms. The van der Waals surface area contributed by atoms with E-state index >= 15 is 0 Å². The van der Waals surface area contributed by atoms with Crippen LogP contribution in [0.15, 0.2) is 57.9 Å². The van der Waals surface area contributed by atoms with Crippen LogP contribution in [0.3, 0.4) is 0 Å². The van der Waals surface area contributed by atoms with Gasteiger partial charge in [-0.25, -0.2) is 13.1 Å². The summed E-state index contributed by atoms with van der Waals surface area (Å²) in [6.45, 7) is 0.0872. The Morgan fingerprint density at radius 2 is 1.82 bits per heavy atom. The van der Waals surface area contributed by atoms with Gasteiger partial charge in [-0.2, -0.15) is 0 Å². The van der Waals surface area contributed by atoms with Crippen LogP contribution in [-0.2, 0) is 14.8 Å². The van der Waals surface area contributed by atoms with Gasteiger partial charge in [0.1, 0.15) is 0 Å². The standard InChI is InChI=1S/C15H15BrClNO3S/c1-21-14(11-6-2-4-8-13(11)17)10-18-22(19,20)15-9-5-3-7-12(15)16/h2-9,14,18H,10H2,1H3/t14-/m1/s1. The van der Waals surface area contributed by atoms with Gasteiger partial charge in [0.2, 0.25) is 10.0 Å². The van der Waals surface area contributed by atoms with Crippen LogP contribution in [0.4, 0.5) is 0 Å². The fourth-order valence-corrected chi connectivity index (χ4v) is 4.27. The number of hydrogen-bond acceptors (Lipinski definition) is 3. The predicted molar refractivity (Wildman–Crippen MR) is 90.5 cm³/mol. The third kappa shape index (κ3) is 4.08. The molecule has 1 N–H and O–H groups in total.